The van der Waals surface area contributed by atoms with E-state index in [1.807, 2.05) is 0 Å². The highest BCUT2D eigenvalue weighted by Crippen LogP contribution is 2.37. The molecule has 0 atom stereocenters. The van der Waals surface area contributed by atoms with Crippen LogP contribution in [-0.4, -0.2) is 6.67 Å². The fourth-order valence-electron chi connectivity index (χ4n) is 3.79. The Balaban J connectivity index is 1.97. The van der Waals surface area contributed by atoms with Crippen LogP contribution in [0.15, 0.2) is 48.8 Å². The van der Waals surface area contributed by atoms with Gasteiger partial charge in [0, 0.05) is 23.8 Å². The zero-order chi connectivity index (χ0) is 18.1. The van der Waals surface area contributed by atoms with Crippen LogP contribution in [-0.2, 0) is 0 Å². The number of hydrogen-bond acceptors (Lipinski definition) is 2. The van der Waals surface area contributed by atoms with Gasteiger partial charge in [0.1, 0.15) is 0 Å². The van der Waals surface area contributed by atoms with E-state index in [1.54, 1.807) is 0 Å². The van der Waals surface area contributed by atoms with Crippen LogP contribution in [0, 0.1) is 13.8 Å². The molecule has 0 radical (unpaired) electrons. The van der Waals surface area contributed by atoms with E-state index in [0.717, 1.165) is 6.67 Å². The fraction of sp³-hybridized carbons (Fsp3) is 0.391. The molecule has 2 aromatic carbocycles. The Bertz CT molecular complexity index is 721. The molecule has 0 saturated carbocycles. The maximum Gasteiger partial charge on any atom is 0.0989 e. The summed E-state index contributed by atoms with van der Waals surface area (Å²) in [5, 5.41) is 0. The Morgan fingerprint density at radius 1 is 0.680 bits per heavy atom. The number of anilines is 2. The molecular formula is C23H30N2. The Hall–Kier alpha value is -2.22. The Morgan fingerprint density at radius 2 is 1.08 bits per heavy atom. The van der Waals surface area contributed by atoms with E-state index in [0.29, 0.717) is 11.8 Å². The second-order valence-corrected chi connectivity index (χ2v) is 7.71. The lowest BCUT2D eigenvalue weighted by Gasteiger charge is -2.28. The van der Waals surface area contributed by atoms with Crippen molar-refractivity contribution in [2.75, 3.05) is 16.5 Å². The van der Waals surface area contributed by atoms with Crippen molar-refractivity contribution in [2.24, 2.45) is 0 Å². The normalized spacial score (nSPS) is 14.2. The van der Waals surface area contributed by atoms with Gasteiger partial charge in [-0.3, -0.25) is 0 Å². The highest BCUT2D eigenvalue weighted by molar-refractivity contribution is 5.69. The van der Waals surface area contributed by atoms with Crippen LogP contribution in [0.25, 0.3) is 0 Å². The van der Waals surface area contributed by atoms with E-state index in [-0.39, 0.29) is 0 Å². The summed E-state index contributed by atoms with van der Waals surface area (Å²) in [7, 11) is 0. The molecular weight excluding hydrogens is 304 g/mol. The molecule has 0 amide bonds. The number of benzene rings is 2. The van der Waals surface area contributed by atoms with Crippen molar-refractivity contribution < 1.29 is 0 Å². The summed E-state index contributed by atoms with van der Waals surface area (Å²) < 4.78 is 0. The van der Waals surface area contributed by atoms with Gasteiger partial charge < -0.3 is 9.80 Å². The van der Waals surface area contributed by atoms with E-state index < -0.39 is 0 Å². The molecule has 0 bridgehead atoms. The zero-order valence-corrected chi connectivity index (χ0v) is 16.4. The predicted octanol–water partition coefficient (Wildman–Crippen LogP) is 6.31. The first kappa shape index (κ1) is 17.6. The van der Waals surface area contributed by atoms with Gasteiger partial charge in [0.15, 0.2) is 0 Å². The zero-order valence-electron chi connectivity index (χ0n) is 16.4. The van der Waals surface area contributed by atoms with Crippen molar-refractivity contribution >= 4 is 11.4 Å². The van der Waals surface area contributed by atoms with Crippen molar-refractivity contribution in [1.29, 1.82) is 0 Å². The minimum atomic E-state index is 0.516. The third-order valence-corrected chi connectivity index (χ3v) is 5.09. The van der Waals surface area contributed by atoms with Crippen molar-refractivity contribution in [3.63, 3.8) is 0 Å². The highest BCUT2D eigenvalue weighted by Gasteiger charge is 2.23. The van der Waals surface area contributed by atoms with E-state index in [2.05, 4.69) is 100 Å². The lowest BCUT2D eigenvalue weighted by Crippen LogP contribution is -2.27. The fourth-order valence-corrected chi connectivity index (χ4v) is 3.79. The Morgan fingerprint density at radius 3 is 1.44 bits per heavy atom. The quantitative estimate of drug-likeness (QED) is 0.647. The number of para-hydroxylation sites is 2. The molecule has 132 valence electrons. The molecule has 0 unspecified atom stereocenters. The standard InChI is InChI=1S/C23H30N2/c1-16(2)20-11-7-9-18(5)22(20)24-13-14-25(15-24)23-19(6)10-8-12-21(23)17(3)4/h7-14,16-17H,15H2,1-6H3. The topological polar surface area (TPSA) is 6.48 Å². The third kappa shape index (κ3) is 3.30. The van der Waals surface area contributed by atoms with E-state index in [9.17, 15) is 0 Å². The average Bonchev–Trinajstić information content (AvgIpc) is 3.03. The minimum Gasteiger partial charge on any atom is -0.328 e. The van der Waals surface area contributed by atoms with Crippen LogP contribution in [0.1, 0.15) is 61.8 Å². The Kier molecular flexibility index (Phi) is 4.89. The largest absolute Gasteiger partial charge is 0.328 e. The molecule has 2 aromatic rings. The summed E-state index contributed by atoms with van der Waals surface area (Å²) in [6, 6.07) is 13.3. The second kappa shape index (κ2) is 6.95. The summed E-state index contributed by atoms with van der Waals surface area (Å²) in [6.07, 6.45) is 4.45. The molecule has 1 aliphatic heterocycles. The number of aryl methyl sites for hydroxylation is 2. The summed E-state index contributed by atoms with van der Waals surface area (Å²) in [6.45, 7) is 14.4. The van der Waals surface area contributed by atoms with Crippen LogP contribution < -0.4 is 9.80 Å². The molecule has 1 heterocycles. The van der Waals surface area contributed by atoms with Crippen LogP contribution >= 0.6 is 0 Å². The van der Waals surface area contributed by atoms with Gasteiger partial charge in [-0.25, -0.2) is 0 Å². The van der Waals surface area contributed by atoms with Gasteiger partial charge in [-0.05, 0) is 47.9 Å². The van der Waals surface area contributed by atoms with Crippen molar-refractivity contribution in [2.45, 2.75) is 53.4 Å². The molecule has 0 saturated heterocycles. The molecule has 1 aliphatic rings. The van der Waals surface area contributed by atoms with E-state index >= 15 is 0 Å². The van der Waals surface area contributed by atoms with Gasteiger partial charge in [-0.2, -0.15) is 0 Å². The van der Waals surface area contributed by atoms with Crippen LogP contribution in [0.4, 0.5) is 11.4 Å². The maximum absolute atomic E-state index is 2.39. The monoisotopic (exact) mass is 334 g/mol. The molecule has 2 heteroatoms. The summed E-state index contributed by atoms with van der Waals surface area (Å²) in [4.78, 5) is 4.78. The summed E-state index contributed by atoms with van der Waals surface area (Å²) in [5.74, 6) is 1.03. The summed E-state index contributed by atoms with van der Waals surface area (Å²) in [5.41, 5.74) is 8.23. The molecule has 0 aromatic heterocycles. The van der Waals surface area contributed by atoms with Crippen molar-refractivity contribution in [1.82, 2.24) is 0 Å². The maximum atomic E-state index is 2.39. The molecule has 0 N–H and O–H groups in total. The smallest absolute Gasteiger partial charge is 0.0989 e. The van der Waals surface area contributed by atoms with Crippen molar-refractivity contribution in [3.05, 3.63) is 71.1 Å². The molecule has 2 nitrogen and oxygen atoms in total. The predicted molar refractivity (Wildman–Crippen MR) is 110 cm³/mol. The molecule has 0 aliphatic carbocycles. The molecule has 3 rings (SSSR count). The first-order valence-electron chi connectivity index (χ1n) is 9.30. The van der Waals surface area contributed by atoms with Gasteiger partial charge in [0.25, 0.3) is 0 Å². The first-order chi connectivity index (χ1) is 11.9. The van der Waals surface area contributed by atoms with Crippen LogP contribution in [0.2, 0.25) is 0 Å². The van der Waals surface area contributed by atoms with Gasteiger partial charge in [0.05, 0.1) is 6.67 Å². The second-order valence-electron chi connectivity index (χ2n) is 7.71. The molecule has 0 fully saturated rings. The first-order valence-corrected chi connectivity index (χ1v) is 9.30. The third-order valence-electron chi connectivity index (χ3n) is 5.09. The van der Waals surface area contributed by atoms with Crippen LogP contribution in [0.3, 0.4) is 0 Å². The number of hydrogen-bond donors (Lipinski definition) is 0. The Labute approximate surface area is 152 Å². The van der Waals surface area contributed by atoms with Gasteiger partial charge in [-0.1, -0.05) is 64.1 Å². The average molecular weight is 335 g/mol. The summed E-state index contributed by atoms with van der Waals surface area (Å²) >= 11 is 0. The van der Waals surface area contributed by atoms with E-state index in [4.69, 9.17) is 0 Å². The van der Waals surface area contributed by atoms with E-state index in [1.165, 1.54) is 33.6 Å². The van der Waals surface area contributed by atoms with Crippen molar-refractivity contribution in [3.8, 4) is 0 Å². The number of nitrogens with zero attached hydrogens (tertiary/aromatic N) is 2. The molecule has 25 heavy (non-hydrogen) atoms. The number of rotatable bonds is 4. The minimum absolute atomic E-state index is 0.516. The lowest BCUT2D eigenvalue weighted by atomic mass is 9.97. The lowest BCUT2D eigenvalue weighted by molar-refractivity contribution is 0.838. The highest BCUT2D eigenvalue weighted by atomic mass is 15.3. The van der Waals surface area contributed by atoms with Gasteiger partial charge >= 0.3 is 0 Å². The van der Waals surface area contributed by atoms with Crippen LogP contribution in [0.5, 0.6) is 0 Å². The van der Waals surface area contributed by atoms with Gasteiger partial charge in [0.2, 0.25) is 0 Å². The SMILES string of the molecule is Cc1cccc(C(C)C)c1N1C=CN(c2c(C)cccc2C(C)C)C1. The molecule has 0 spiro atoms. The van der Waals surface area contributed by atoms with Gasteiger partial charge in [-0.15, -0.1) is 0 Å².